The molecular formula is C16H32NO7P. The van der Waals surface area contributed by atoms with Crippen LogP contribution in [0, 0.1) is 0 Å². The fraction of sp³-hybridized carbons (Fsp3) is 0.875. The van der Waals surface area contributed by atoms with Crippen LogP contribution in [0.25, 0.3) is 0 Å². The molecule has 0 saturated carbocycles. The Morgan fingerprint density at radius 1 is 1.08 bits per heavy atom. The van der Waals surface area contributed by atoms with Crippen LogP contribution in [0.1, 0.15) is 54.4 Å². The summed E-state index contributed by atoms with van der Waals surface area (Å²) in [6, 6.07) is 0. The van der Waals surface area contributed by atoms with E-state index in [0.29, 0.717) is 6.42 Å². The van der Waals surface area contributed by atoms with E-state index in [1.807, 2.05) is 6.92 Å². The van der Waals surface area contributed by atoms with E-state index in [-0.39, 0.29) is 19.6 Å². The molecule has 0 heterocycles. The summed E-state index contributed by atoms with van der Waals surface area (Å²) in [7, 11) is -4.13. The quantitative estimate of drug-likeness (QED) is 0.418. The molecule has 0 aliphatic carbocycles. The lowest BCUT2D eigenvalue weighted by Crippen LogP contribution is -2.40. The van der Waals surface area contributed by atoms with Gasteiger partial charge in [0.2, 0.25) is 5.53 Å². The maximum Gasteiger partial charge on any atom is 0.408 e. The summed E-state index contributed by atoms with van der Waals surface area (Å²) >= 11 is 0. The van der Waals surface area contributed by atoms with Crippen LogP contribution in [0.4, 0.5) is 4.79 Å². The van der Waals surface area contributed by atoms with Crippen molar-refractivity contribution in [1.29, 1.82) is 0 Å². The number of alkyl carbamates (subject to hydrolysis) is 1. The number of rotatable bonds is 11. The van der Waals surface area contributed by atoms with Gasteiger partial charge in [-0.25, -0.2) is 4.79 Å². The zero-order chi connectivity index (χ0) is 19.7. The van der Waals surface area contributed by atoms with Crippen LogP contribution in [0.5, 0.6) is 0 Å². The smallest absolute Gasteiger partial charge is 0.408 e. The maximum absolute atomic E-state index is 12.8. The molecule has 0 rings (SSSR count). The summed E-state index contributed by atoms with van der Waals surface area (Å²) in [5.74, 6) is -0.600. The Balaban J connectivity index is 4.97. The zero-order valence-electron chi connectivity index (χ0n) is 16.1. The normalized spacial score (nSPS) is 14.7. The summed E-state index contributed by atoms with van der Waals surface area (Å²) in [5, 5.41) is 2.28. The molecule has 148 valence electrons. The molecule has 1 unspecified atom stereocenters. The van der Waals surface area contributed by atoms with Gasteiger partial charge < -0.3 is 24.4 Å². The van der Waals surface area contributed by atoms with Crippen molar-refractivity contribution in [3.8, 4) is 0 Å². The topological polar surface area (TPSA) is 111 Å². The molecule has 0 bridgehead atoms. The Bertz CT molecular complexity index is 470. The second-order valence-corrected chi connectivity index (χ2v) is 8.98. The van der Waals surface area contributed by atoms with Crippen molar-refractivity contribution >= 4 is 19.2 Å². The van der Waals surface area contributed by atoms with Crippen molar-refractivity contribution in [2.45, 2.75) is 65.5 Å². The molecule has 8 nitrogen and oxygen atoms in total. The number of amides is 1. The van der Waals surface area contributed by atoms with Gasteiger partial charge in [0.1, 0.15) is 5.60 Å². The Morgan fingerprint density at radius 2 is 1.60 bits per heavy atom. The van der Waals surface area contributed by atoms with Crippen molar-refractivity contribution in [3.05, 3.63) is 0 Å². The monoisotopic (exact) mass is 381 g/mol. The summed E-state index contributed by atoms with van der Waals surface area (Å²) in [6.07, 6.45) is -0.671. The molecule has 0 aromatic heterocycles. The van der Waals surface area contributed by atoms with E-state index in [1.165, 1.54) is 0 Å². The Hall–Kier alpha value is -0.950. The largest absolute Gasteiger partial charge is 0.444 e. The second kappa shape index (κ2) is 10.3. The van der Waals surface area contributed by atoms with Gasteiger partial charge in [0.25, 0.3) is 7.37 Å². The van der Waals surface area contributed by atoms with E-state index in [1.54, 1.807) is 34.6 Å². The molecule has 9 heteroatoms. The third kappa shape index (κ3) is 8.31. The lowest BCUT2D eigenvalue weighted by molar-refractivity contribution is -0.183. The number of nitrogens with one attached hydrogen (secondary N) is 1. The predicted molar refractivity (Wildman–Crippen MR) is 94.8 cm³/mol. The van der Waals surface area contributed by atoms with Gasteiger partial charge in [0.05, 0.1) is 12.7 Å². The molecule has 0 radical (unpaired) electrons. The number of hydrogen-bond acceptors (Lipinski definition) is 6. The number of hydrogen-bond donors (Lipinski definition) is 2. The van der Waals surface area contributed by atoms with E-state index in [2.05, 4.69) is 5.32 Å². The molecule has 0 spiro atoms. The standard InChI is InChI=1S/C16H32NO7P/c1-7-10-16(22-8-2,23-9-3)25(20,21)12-13(18)11-17-14(19)24-15(4,5)6/h7-12H2,1-6H3,(H,17,19)(H,20,21). The van der Waals surface area contributed by atoms with Crippen molar-refractivity contribution in [1.82, 2.24) is 5.32 Å². The Labute approximate surface area is 150 Å². The molecule has 0 aliphatic rings. The number of ketones is 1. The van der Waals surface area contributed by atoms with Gasteiger partial charge in [-0.05, 0) is 34.6 Å². The SMILES string of the molecule is CCCC(OCC)(OCC)P(=O)(O)CC(=O)CNC(=O)OC(C)(C)C. The highest BCUT2D eigenvalue weighted by molar-refractivity contribution is 7.60. The summed E-state index contributed by atoms with van der Waals surface area (Å²) in [4.78, 5) is 34.1. The third-order valence-corrected chi connectivity index (χ3v) is 5.39. The van der Waals surface area contributed by atoms with Crippen molar-refractivity contribution in [3.63, 3.8) is 0 Å². The summed E-state index contributed by atoms with van der Waals surface area (Å²) in [5.41, 5.74) is -2.40. The highest BCUT2D eigenvalue weighted by Crippen LogP contribution is 2.57. The van der Waals surface area contributed by atoms with Gasteiger partial charge in [-0.15, -0.1) is 0 Å². The lowest BCUT2D eigenvalue weighted by atomic mass is 10.2. The molecular weight excluding hydrogens is 349 g/mol. The number of Topliss-reactive ketones (excluding diaryl/α,β-unsaturated/α-hetero) is 1. The minimum atomic E-state index is -4.13. The third-order valence-electron chi connectivity index (χ3n) is 3.06. The Morgan fingerprint density at radius 3 is 2.00 bits per heavy atom. The minimum absolute atomic E-state index is 0.175. The molecule has 25 heavy (non-hydrogen) atoms. The van der Waals surface area contributed by atoms with E-state index in [4.69, 9.17) is 14.2 Å². The molecule has 2 N–H and O–H groups in total. The van der Waals surface area contributed by atoms with Gasteiger partial charge in [-0.2, -0.15) is 0 Å². The van der Waals surface area contributed by atoms with Crippen molar-refractivity contribution in [2.24, 2.45) is 0 Å². The van der Waals surface area contributed by atoms with E-state index < -0.39 is 43.1 Å². The highest BCUT2D eigenvalue weighted by Gasteiger charge is 2.50. The first-order valence-electron chi connectivity index (χ1n) is 8.51. The number of carbonyl (C=O) groups excluding carboxylic acids is 2. The van der Waals surface area contributed by atoms with Crippen LogP contribution in [-0.4, -0.2) is 53.8 Å². The average molecular weight is 381 g/mol. The maximum atomic E-state index is 12.8. The number of carbonyl (C=O) groups is 2. The molecule has 0 aromatic rings. The van der Waals surface area contributed by atoms with Gasteiger partial charge in [-0.3, -0.25) is 9.36 Å². The molecule has 1 atom stereocenters. The van der Waals surface area contributed by atoms with Crippen molar-refractivity contribution < 1.29 is 33.3 Å². The molecule has 0 aliphatic heterocycles. The van der Waals surface area contributed by atoms with Gasteiger partial charge in [-0.1, -0.05) is 13.3 Å². The van der Waals surface area contributed by atoms with E-state index in [9.17, 15) is 19.0 Å². The van der Waals surface area contributed by atoms with Crippen molar-refractivity contribution in [2.75, 3.05) is 25.9 Å². The van der Waals surface area contributed by atoms with Crippen LogP contribution >= 0.6 is 7.37 Å². The van der Waals surface area contributed by atoms with E-state index >= 15 is 0 Å². The first-order chi connectivity index (χ1) is 11.4. The summed E-state index contributed by atoms with van der Waals surface area (Å²) < 4.78 is 28.8. The summed E-state index contributed by atoms with van der Waals surface area (Å²) in [6.45, 7) is 10.2. The van der Waals surface area contributed by atoms with Gasteiger partial charge in [0.15, 0.2) is 5.78 Å². The first kappa shape index (κ1) is 24.1. The lowest BCUT2D eigenvalue weighted by Gasteiger charge is -2.36. The average Bonchev–Trinajstić information content (AvgIpc) is 2.43. The second-order valence-electron chi connectivity index (χ2n) is 6.58. The van der Waals surface area contributed by atoms with Crippen LogP contribution in [0.3, 0.4) is 0 Å². The fourth-order valence-corrected chi connectivity index (χ4v) is 4.30. The minimum Gasteiger partial charge on any atom is -0.444 e. The number of ether oxygens (including phenoxy) is 3. The predicted octanol–water partition coefficient (Wildman–Crippen LogP) is 2.88. The Kier molecular flexibility index (Phi) is 9.87. The van der Waals surface area contributed by atoms with Crippen LogP contribution in [-0.2, 0) is 23.6 Å². The highest BCUT2D eigenvalue weighted by atomic mass is 31.2. The van der Waals surface area contributed by atoms with Crippen LogP contribution in [0.15, 0.2) is 0 Å². The molecule has 0 fully saturated rings. The fourth-order valence-electron chi connectivity index (χ4n) is 2.23. The van der Waals surface area contributed by atoms with Gasteiger partial charge >= 0.3 is 6.09 Å². The molecule has 1 amide bonds. The van der Waals surface area contributed by atoms with Crippen LogP contribution in [0.2, 0.25) is 0 Å². The zero-order valence-corrected chi connectivity index (χ0v) is 17.0. The molecule has 0 saturated heterocycles. The first-order valence-corrected chi connectivity index (χ1v) is 10.4. The van der Waals surface area contributed by atoms with Crippen LogP contribution < -0.4 is 5.32 Å². The molecule has 0 aromatic carbocycles. The van der Waals surface area contributed by atoms with Gasteiger partial charge in [0, 0.05) is 19.6 Å². The van der Waals surface area contributed by atoms with E-state index in [0.717, 1.165) is 0 Å².